The van der Waals surface area contributed by atoms with Gasteiger partial charge in [-0.15, -0.1) is 11.8 Å². The van der Waals surface area contributed by atoms with Gasteiger partial charge in [0, 0.05) is 24.2 Å². The smallest absolute Gasteiger partial charge is 0.214 e. The molecule has 0 aromatic carbocycles. The zero-order valence-electron chi connectivity index (χ0n) is 10.5. The molecule has 0 saturated carbocycles. The Labute approximate surface area is 121 Å². The molecular formula is C13H19BrN2OS. The molecule has 0 radical (unpaired) electrons. The average molecular weight is 331 g/mol. The number of pyridine rings is 1. The van der Waals surface area contributed by atoms with Crippen LogP contribution in [-0.2, 0) is 0 Å². The fourth-order valence-electron chi connectivity index (χ4n) is 1.89. The van der Waals surface area contributed by atoms with E-state index < -0.39 is 0 Å². The first-order valence-corrected chi connectivity index (χ1v) is 8.35. The number of thioether (sulfide) groups is 1. The molecule has 1 fully saturated rings. The van der Waals surface area contributed by atoms with Gasteiger partial charge in [-0.1, -0.05) is 6.07 Å². The van der Waals surface area contributed by atoms with Crippen molar-refractivity contribution in [1.82, 2.24) is 9.88 Å². The lowest BCUT2D eigenvalue weighted by Crippen LogP contribution is -2.20. The lowest BCUT2D eigenvalue weighted by molar-refractivity contribution is 0.284. The van der Waals surface area contributed by atoms with E-state index in [1.807, 2.05) is 30.0 Å². The summed E-state index contributed by atoms with van der Waals surface area (Å²) in [6, 6.07) is 5.74. The van der Waals surface area contributed by atoms with E-state index in [9.17, 15) is 0 Å². The highest BCUT2D eigenvalue weighted by Gasteiger charge is 2.10. The van der Waals surface area contributed by atoms with Gasteiger partial charge in [-0.2, -0.15) is 0 Å². The fraction of sp³-hybridized carbons (Fsp3) is 0.615. The summed E-state index contributed by atoms with van der Waals surface area (Å²) < 4.78 is 6.43. The number of nitrogens with zero attached hydrogens (tertiary/aromatic N) is 2. The maximum Gasteiger partial charge on any atom is 0.214 e. The average Bonchev–Trinajstić information content (AvgIpc) is 2.87. The van der Waals surface area contributed by atoms with E-state index in [-0.39, 0.29) is 0 Å². The SMILES string of the molecule is Brc1cccc(OCCCCCN2CCSC2)n1. The first-order chi connectivity index (χ1) is 8.84. The molecule has 0 aliphatic carbocycles. The molecular weight excluding hydrogens is 312 g/mol. The summed E-state index contributed by atoms with van der Waals surface area (Å²) in [5.74, 6) is 3.23. The van der Waals surface area contributed by atoms with Crippen LogP contribution in [0.25, 0.3) is 0 Å². The van der Waals surface area contributed by atoms with Crippen LogP contribution in [0.5, 0.6) is 5.88 Å². The molecule has 5 heteroatoms. The van der Waals surface area contributed by atoms with Crippen LogP contribution in [0.15, 0.2) is 22.8 Å². The van der Waals surface area contributed by atoms with Gasteiger partial charge in [-0.05, 0) is 47.8 Å². The molecule has 2 heterocycles. The largest absolute Gasteiger partial charge is 0.478 e. The van der Waals surface area contributed by atoms with Crippen molar-refractivity contribution in [3.63, 3.8) is 0 Å². The lowest BCUT2D eigenvalue weighted by Gasteiger charge is -2.12. The zero-order valence-corrected chi connectivity index (χ0v) is 12.9. The predicted molar refractivity (Wildman–Crippen MR) is 80.2 cm³/mol. The Kier molecular flexibility index (Phi) is 6.31. The maximum atomic E-state index is 5.60. The molecule has 3 nitrogen and oxygen atoms in total. The van der Waals surface area contributed by atoms with E-state index in [0.29, 0.717) is 5.88 Å². The van der Waals surface area contributed by atoms with Crippen LogP contribution in [-0.4, -0.2) is 41.2 Å². The minimum Gasteiger partial charge on any atom is -0.478 e. The van der Waals surface area contributed by atoms with Crippen molar-refractivity contribution in [2.45, 2.75) is 19.3 Å². The van der Waals surface area contributed by atoms with E-state index >= 15 is 0 Å². The van der Waals surface area contributed by atoms with Crippen molar-refractivity contribution < 1.29 is 4.74 Å². The molecule has 100 valence electrons. The third kappa shape index (κ3) is 5.16. The molecule has 0 bridgehead atoms. The highest BCUT2D eigenvalue weighted by Crippen LogP contribution is 2.14. The quantitative estimate of drug-likeness (QED) is 0.565. The van der Waals surface area contributed by atoms with E-state index in [0.717, 1.165) is 17.6 Å². The molecule has 1 saturated heterocycles. The van der Waals surface area contributed by atoms with Crippen LogP contribution in [0, 0.1) is 0 Å². The molecule has 1 aromatic heterocycles. The van der Waals surface area contributed by atoms with Gasteiger partial charge >= 0.3 is 0 Å². The number of unbranched alkanes of at least 4 members (excludes halogenated alkanes) is 2. The highest BCUT2D eigenvalue weighted by molar-refractivity contribution is 9.10. The maximum absolute atomic E-state index is 5.60. The van der Waals surface area contributed by atoms with E-state index in [1.54, 1.807) is 0 Å². The highest BCUT2D eigenvalue weighted by atomic mass is 79.9. The number of rotatable bonds is 7. The van der Waals surface area contributed by atoms with Crippen LogP contribution < -0.4 is 4.74 Å². The normalized spacial score (nSPS) is 16.1. The van der Waals surface area contributed by atoms with Crippen molar-refractivity contribution >= 4 is 27.7 Å². The second-order valence-electron chi connectivity index (χ2n) is 4.36. The van der Waals surface area contributed by atoms with E-state index in [4.69, 9.17) is 4.74 Å². The van der Waals surface area contributed by atoms with Crippen LogP contribution in [0.4, 0.5) is 0 Å². The van der Waals surface area contributed by atoms with Crippen LogP contribution in [0.1, 0.15) is 19.3 Å². The molecule has 18 heavy (non-hydrogen) atoms. The van der Waals surface area contributed by atoms with Gasteiger partial charge < -0.3 is 4.74 Å². The number of hydrogen-bond acceptors (Lipinski definition) is 4. The minimum atomic E-state index is 0.709. The Bertz CT molecular complexity index is 359. The molecule has 0 N–H and O–H groups in total. The first kappa shape index (κ1) is 14.2. The molecule has 1 aromatic rings. The van der Waals surface area contributed by atoms with Crippen molar-refractivity contribution in [2.75, 3.05) is 31.3 Å². The van der Waals surface area contributed by atoms with Crippen molar-refractivity contribution in [1.29, 1.82) is 0 Å². The standard InChI is InChI=1S/C13H19BrN2OS/c14-12-5-4-6-13(15-12)17-9-3-1-2-7-16-8-10-18-11-16/h4-6H,1-3,7-11H2. The molecule has 0 atom stereocenters. The van der Waals surface area contributed by atoms with Gasteiger partial charge in [0.1, 0.15) is 4.60 Å². The Morgan fingerprint density at radius 1 is 1.33 bits per heavy atom. The second kappa shape index (κ2) is 8.02. The van der Waals surface area contributed by atoms with Gasteiger partial charge in [0.05, 0.1) is 6.61 Å². The molecule has 1 aliphatic heterocycles. The Hall–Kier alpha value is -0.260. The topological polar surface area (TPSA) is 25.4 Å². The van der Waals surface area contributed by atoms with E-state index in [1.165, 1.54) is 37.6 Å². The minimum absolute atomic E-state index is 0.709. The summed E-state index contributed by atoms with van der Waals surface area (Å²) in [6.07, 6.45) is 3.61. The molecule has 0 unspecified atom stereocenters. The number of ether oxygens (including phenoxy) is 1. The summed E-state index contributed by atoms with van der Waals surface area (Å²) in [6.45, 7) is 3.27. The Morgan fingerprint density at radius 3 is 3.06 bits per heavy atom. The van der Waals surface area contributed by atoms with Crippen LogP contribution in [0.3, 0.4) is 0 Å². The Balaban J connectivity index is 1.50. The molecule has 2 rings (SSSR count). The third-order valence-electron chi connectivity index (χ3n) is 2.88. The predicted octanol–water partition coefficient (Wildman–Crippen LogP) is 3.40. The zero-order chi connectivity index (χ0) is 12.6. The van der Waals surface area contributed by atoms with E-state index in [2.05, 4.69) is 25.8 Å². The number of halogens is 1. The van der Waals surface area contributed by atoms with Crippen molar-refractivity contribution in [3.8, 4) is 5.88 Å². The Morgan fingerprint density at radius 2 is 2.28 bits per heavy atom. The van der Waals surface area contributed by atoms with Gasteiger partial charge in [0.25, 0.3) is 0 Å². The van der Waals surface area contributed by atoms with Gasteiger partial charge in [-0.3, -0.25) is 4.90 Å². The molecule has 0 spiro atoms. The third-order valence-corrected chi connectivity index (χ3v) is 4.34. The lowest BCUT2D eigenvalue weighted by atomic mass is 10.2. The summed E-state index contributed by atoms with van der Waals surface area (Å²) >= 11 is 5.37. The summed E-state index contributed by atoms with van der Waals surface area (Å²) in [5, 5.41) is 0. The van der Waals surface area contributed by atoms with Crippen LogP contribution in [0.2, 0.25) is 0 Å². The summed E-state index contributed by atoms with van der Waals surface area (Å²) in [7, 11) is 0. The summed E-state index contributed by atoms with van der Waals surface area (Å²) in [5.41, 5.74) is 0. The van der Waals surface area contributed by atoms with Crippen molar-refractivity contribution in [3.05, 3.63) is 22.8 Å². The number of hydrogen-bond donors (Lipinski definition) is 0. The monoisotopic (exact) mass is 330 g/mol. The molecule has 1 aliphatic rings. The van der Waals surface area contributed by atoms with Crippen molar-refractivity contribution in [2.24, 2.45) is 0 Å². The first-order valence-electron chi connectivity index (χ1n) is 6.40. The number of aromatic nitrogens is 1. The van der Waals surface area contributed by atoms with Gasteiger partial charge in [0.15, 0.2) is 0 Å². The molecule has 0 amide bonds. The fourth-order valence-corrected chi connectivity index (χ4v) is 3.25. The van der Waals surface area contributed by atoms with Crippen LogP contribution >= 0.6 is 27.7 Å². The second-order valence-corrected chi connectivity index (χ2v) is 6.25. The van der Waals surface area contributed by atoms with Gasteiger partial charge in [0.2, 0.25) is 5.88 Å². The van der Waals surface area contributed by atoms with Gasteiger partial charge in [-0.25, -0.2) is 4.98 Å². The summed E-state index contributed by atoms with van der Waals surface area (Å²) in [4.78, 5) is 6.77.